The Labute approximate surface area is 240 Å². The van der Waals surface area contributed by atoms with Crippen LogP contribution in [0.25, 0.3) is 0 Å². The quantitative estimate of drug-likeness (QED) is 0.269. The van der Waals surface area contributed by atoms with Crippen LogP contribution in [0.5, 0.6) is 0 Å². The summed E-state index contributed by atoms with van der Waals surface area (Å²) < 4.78 is 2.25. The van der Waals surface area contributed by atoms with Gasteiger partial charge in [0.2, 0.25) is 0 Å². The third-order valence-corrected chi connectivity index (χ3v) is 8.36. The maximum absolute atomic E-state index is 6.99. The summed E-state index contributed by atoms with van der Waals surface area (Å²) in [7, 11) is 0. The van der Waals surface area contributed by atoms with E-state index in [-0.39, 0.29) is 12.1 Å². The maximum atomic E-state index is 6.99. The van der Waals surface area contributed by atoms with Crippen LogP contribution in [0.3, 0.4) is 0 Å². The largest absolute Gasteiger partial charge is 0.370 e. The van der Waals surface area contributed by atoms with Crippen molar-refractivity contribution in [3.63, 3.8) is 0 Å². The second-order valence-corrected chi connectivity index (χ2v) is 11.7. The van der Waals surface area contributed by atoms with Crippen molar-refractivity contribution in [3.8, 4) is 0 Å². The summed E-state index contributed by atoms with van der Waals surface area (Å²) in [5.74, 6) is 1.30. The minimum Gasteiger partial charge on any atom is -0.370 e. The van der Waals surface area contributed by atoms with Gasteiger partial charge in [-0.25, -0.2) is 0 Å². The van der Waals surface area contributed by atoms with Crippen molar-refractivity contribution in [2.45, 2.75) is 38.9 Å². The zero-order valence-electron chi connectivity index (χ0n) is 22.2. The van der Waals surface area contributed by atoms with Gasteiger partial charge in [-0.3, -0.25) is 9.97 Å². The van der Waals surface area contributed by atoms with E-state index < -0.39 is 0 Å². The van der Waals surface area contributed by atoms with Crippen molar-refractivity contribution in [2.24, 2.45) is 11.8 Å². The maximum Gasteiger partial charge on any atom is 0.174 e. The fourth-order valence-electron chi connectivity index (χ4n) is 6.20. The van der Waals surface area contributed by atoms with Gasteiger partial charge in [0.25, 0.3) is 0 Å². The second-order valence-electron chi connectivity index (χ2n) is 10.9. The summed E-state index contributed by atoms with van der Waals surface area (Å²) in [6, 6.07) is 22.4. The van der Waals surface area contributed by atoms with Crippen LogP contribution in [0.1, 0.15) is 49.4 Å². The van der Waals surface area contributed by atoms with Gasteiger partial charge in [0.05, 0.1) is 34.7 Å². The van der Waals surface area contributed by atoms with Gasteiger partial charge in [-0.2, -0.15) is 0 Å². The molecule has 39 heavy (non-hydrogen) atoms. The second kappa shape index (κ2) is 11.0. The SMILES string of the molecule is C[C@@H]1C[C@H](C)CN(c2ccc(N3C(=S)N[C@H](c4ccccn4)[C@@H]3c3cccn3Cc3ccccn3)cc2Cl)C1. The van der Waals surface area contributed by atoms with Crippen molar-refractivity contribution >= 4 is 40.3 Å². The highest BCUT2D eigenvalue weighted by Gasteiger charge is 2.42. The number of benzene rings is 1. The number of nitrogens with one attached hydrogen (secondary N) is 1. The minimum atomic E-state index is -0.127. The molecule has 2 aliphatic rings. The first kappa shape index (κ1) is 25.8. The first-order valence-corrected chi connectivity index (χ1v) is 14.4. The highest BCUT2D eigenvalue weighted by atomic mass is 35.5. The molecule has 5 heterocycles. The standard InChI is InChI=1S/C31H33ClN6S/c1-21-16-22(2)19-37(18-21)27-12-11-24(17-25(27)32)38-30(29(35-31(38)39)26-9-4-6-14-34-26)28-10-7-15-36(28)20-23-8-3-5-13-33-23/h3-15,17,21-22,29-30H,16,18-20H2,1-2H3,(H,35,39)/t21-,22+,29-,30+/m1/s1. The summed E-state index contributed by atoms with van der Waals surface area (Å²) in [5, 5.41) is 4.98. The number of pyridine rings is 2. The Morgan fingerprint density at radius 3 is 2.41 bits per heavy atom. The first-order valence-electron chi connectivity index (χ1n) is 13.6. The number of hydrogen-bond donors (Lipinski definition) is 1. The number of anilines is 2. The molecule has 0 aliphatic carbocycles. The molecule has 2 aliphatic heterocycles. The van der Waals surface area contributed by atoms with Gasteiger partial charge in [0.1, 0.15) is 6.04 Å². The lowest BCUT2D eigenvalue weighted by Gasteiger charge is -2.37. The Bertz CT molecular complexity index is 1430. The van der Waals surface area contributed by atoms with E-state index in [1.54, 1.807) is 0 Å². The Morgan fingerprint density at radius 2 is 1.72 bits per heavy atom. The monoisotopic (exact) mass is 556 g/mol. The predicted molar refractivity (Wildman–Crippen MR) is 162 cm³/mol. The van der Waals surface area contributed by atoms with E-state index >= 15 is 0 Å². The molecule has 6 rings (SSSR count). The Morgan fingerprint density at radius 1 is 0.949 bits per heavy atom. The molecule has 1 N–H and O–H groups in total. The van der Waals surface area contributed by atoms with Crippen LogP contribution in [0, 0.1) is 11.8 Å². The lowest BCUT2D eigenvalue weighted by molar-refractivity contribution is 0.357. The van der Waals surface area contributed by atoms with Crippen LogP contribution < -0.4 is 15.1 Å². The van der Waals surface area contributed by atoms with Crippen LogP contribution in [0.2, 0.25) is 5.02 Å². The Kier molecular flexibility index (Phi) is 7.28. The summed E-state index contributed by atoms with van der Waals surface area (Å²) in [6.45, 7) is 7.36. The molecular weight excluding hydrogens is 524 g/mol. The van der Waals surface area contributed by atoms with Gasteiger partial charge < -0.3 is 19.7 Å². The predicted octanol–water partition coefficient (Wildman–Crippen LogP) is 6.64. The van der Waals surface area contributed by atoms with Crippen LogP contribution in [-0.2, 0) is 6.54 Å². The van der Waals surface area contributed by atoms with Crippen molar-refractivity contribution in [2.75, 3.05) is 22.9 Å². The van der Waals surface area contributed by atoms with Crippen LogP contribution in [0.4, 0.5) is 11.4 Å². The number of piperidine rings is 1. The molecule has 0 unspecified atom stereocenters. The van der Waals surface area contributed by atoms with Gasteiger partial charge in [-0.1, -0.05) is 37.6 Å². The molecule has 6 nitrogen and oxygen atoms in total. The van der Waals surface area contributed by atoms with E-state index in [0.717, 1.165) is 46.6 Å². The molecule has 2 saturated heterocycles. The molecule has 4 aromatic rings. The van der Waals surface area contributed by atoms with E-state index in [4.69, 9.17) is 28.8 Å². The van der Waals surface area contributed by atoms with Crippen molar-refractivity contribution < 1.29 is 0 Å². The highest BCUT2D eigenvalue weighted by Crippen LogP contribution is 2.43. The zero-order chi connectivity index (χ0) is 26.9. The average Bonchev–Trinajstić information content (AvgIpc) is 3.52. The number of aromatic nitrogens is 3. The van der Waals surface area contributed by atoms with E-state index in [2.05, 4.69) is 87.2 Å². The first-order chi connectivity index (χ1) is 19.0. The molecule has 200 valence electrons. The summed E-state index contributed by atoms with van der Waals surface area (Å²) >= 11 is 13.0. The molecule has 4 atom stereocenters. The summed E-state index contributed by atoms with van der Waals surface area (Å²) in [4.78, 5) is 13.9. The smallest absolute Gasteiger partial charge is 0.174 e. The topological polar surface area (TPSA) is 49.2 Å². The minimum absolute atomic E-state index is 0.122. The van der Waals surface area contributed by atoms with Crippen LogP contribution >= 0.6 is 23.8 Å². The average molecular weight is 557 g/mol. The third-order valence-electron chi connectivity index (χ3n) is 7.74. The molecule has 8 heteroatoms. The van der Waals surface area contributed by atoms with Crippen molar-refractivity contribution in [1.29, 1.82) is 0 Å². The van der Waals surface area contributed by atoms with E-state index in [1.165, 1.54) is 6.42 Å². The van der Waals surface area contributed by atoms with Gasteiger partial charge >= 0.3 is 0 Å². The van der Waals surface area contributed by atoms with Crippen molar-refractivity contribution in [1.82, 2.24) is 19.9 Å². The van der Waals surface area contributed by atoms with Gasteiger partial charge in [-0.05, 0) is 85.1 Å². The fraction of sp³-hybridized carbons (Fsp3) is 0.323. The van der Waals surface area contributed by atoms with Gasteiger partial charge in [-0.15, -0.1) is 0 Å². The lowest BCUT2D eigenvalue weighted by atomic mass is 9.91. The number of halogens is 1. The highest BCUT2D eigenvalue weighted by molar-refractivity contribution is 7.80. The fourth-order valence-corrected chi connectivity index (χ4v) is 6.84. The number of rotatable bonds is 6. The van der Waals surface area contributed by atoms with Crippen LogP contribution in [0.15, 0.2) is 85.3 Å². The summed E-state index contributed by atoms with van der Waals surface area (Å²) in [6.07, 6.45) is 7.03. The Balaban J connectivity index is 1.39. The molecular formula is C31H33ClN6S. The summed E-state index contributed by atoms with van der Waals surface area (Å²) in [5.41, 5.74) is 5.13. The van der Waals surface area contributed by atoms with E-state index in [9.17, 15) is 0 Å². The lowest BCUT2D eigenvalue weighted by Crippen LogP contribution is -2.38. The molecule has 2 fully saturated rings. The number of nitrogens with zero attached hydrogens (tertiary/aromatic N) is 5. The zero-order valence-corrected chi connectivity index (χ0v) is 23.8. The normalized spacial score (nSPS) is 23.2. The molecule has 0 radical (unpaired) electrons. The molecule has 0 spiro atoms. The molecule has 3 aromatic heterocycles. The molecule has 0 saturated carbocycles. The number of hydrogen-bond acceptors (Lipinski definition) is 4. The number of thiocarbonyl (C=S) groups is 1. The van der Waals surface area contributed by atoms with Crippen LogP contribution in [-0.4, -0.2) is 32.7 Å². The molecule has 0 amide bonds. The molecule has 1 aromatic carbocycles. The van der Waals surface area contributed by atoms with Gasteiger partial charge in [0, 0.05) is 43.1 Å². The van der Waals surface area contributed by atoms with E-state index in [1.807, 2.05) is 36.7 Å². The Hall–Kier alpha value is -3.42. The van der Waals surface area contributed by atoms with E-state index in [0.29, 0.717) is 23.5 Å². The van der Waals surface area contributed by atoms with Crippen molar-refractivity contribution in [3.05, 3.63) is 107 Å². The molecule has 0 bridgehead atoms. The third kappa shape index (κ3) is 5.25. The van der Waals surface area contributed by atoms with Gasteiger partial charge in [0.15, 0.2) is 5.11 Å².